The molecule has 0 spiro atoms. The van der Waals surface area contributed by atoms with Gasteiger partial charge in [0.25, 0.3) is 5.91 Å². The highest BCUT2D eigenvalue weighted by atomic mass is 32.2. The number of aromatic nitrogens is 2. The molecule has 29 heavy (non-hydrogen) atoms. The summed E-state index contributed by atoms with van der Waals surface area (Å²) in [4.78, 5) is 19.4. The SMILES string of the molecule is CC(c1ccccc1)N1CCC(NC(=O)c2nc(S(C)(=O)=O)n3ccccc23)C1. The van der Waals surface area contributed by atoms with Crippen molar-refractivity contribution in [1.82, 2.24) is 19.6 Å². The number of benzene rings is 1. The molecule has 1 N–H and O–H groups in total. The second-order valence-corrected chi connectivity index (χ2v) is 9.42. The van der Waals surface area contributed by atoms with Crippen LogP contribution in [0.2, 0.25) is 0 Å². The zero-order valence-electron chi connectivity index (χ0n) is 16.4. The van der Waals surface area contributed by atoms with Crippen molar-refractivity contribution in [2.45, 2.75) is 30.6 Å². The largest absolute Gasteiger partial charge is 0.347 e. The molecule has 7 nitrogen and oxygen atoms in total. The van der Waals surface area contributed by atoms with Gasteiger partial charge in [-0.3, -0.25) is 14.1 Å². The molecule has 0 saturated carbocycles. The molecule has 0 aliphatic carbocycles. The Bertz CT molecular complexity index is 1140. The minimum absolute atomic E-state index is 0.00388. The number of likely N-dealkylation sites (tertiary alicyclic amines) is 1. The Hall–Kier alpha value is -2.71. The summed E-state index contributed by atoms with van der Waals surface area (Å²) in [6.45, 7) is 3.80. The van der Waals surface area contributed by atoms with Gasteiger partial charge in [-0.05, 0) is 31.0 Å². The van der Waals surface area contributed by atoms with Crippen LogP contribution in [0.1, 0.15) is 35.4 Å². The molecule has 2 unspecified atom stereocenters. The Morgan fingerprint density at radius 1 is 1.17 bits per heavy atom. The summed E-state index contributed by atoms with van der Waals surface area (Å²) in [7, 11) is -3.56. The summed E-state index contributed by atoms with van der Waals surface area (Å²) in [5.74, 6) is -0.345. The molecule has 4 rings (SSSR count). The molecule has 0 bridgehead atoms. The van der Waals surface area contributed by atoms with Crippen molar-refractivity contribution in [2.75, 3.05) is 19.3 Å². The first kappa shape index (κ1) is 19.6. The second kappa shape index (κ2) is 7.61. The fourth-order valence-electron chi connectivity index (χ4n) is 3.89. The van der Waals surface area contributed by atoms with Crippen molar-refractivity contribution in [3.05, 3.63) is 66.0 Å². The standard InChI is InChI=1S/C21H24N4O3S/c1-15(16-8-4-3-5-9-16)24-13-11-17(14-24)22-20(26)19-18-10-6-7-12-25(18)21(23-19)29(2,27)28/h3-10,12,15,17H,11,13-14H2,1-2H3,(H,22,26). The molecule has 152 valence electrons. The molecule has 8 heteroatoms. The van der Waals surface area contributed by atoms with E-state index in [0.717, 1.165) is 25.8 Å². The molecule has 1 saturated heterocycles. The number of nitrogens with one attached hydrogen (secondary N) is 1. The fourth-order valence-corrected chi connectivity index (χ4v) is 4.66. The summed E-state index contributed by atoms with van der Waals surface area (Å²) < 4.78 is 25.6. The average Bonchev–Trinajstić information content (AvgIpc) is 3.32. The molecule has 1 amide bonds. The fraction of sp³-hybridized carbons (Fsp3) is 0.333. The van der Waals surface area contributed by atoms with Gasteiger partial charge in [0.2, 0.25) is 15.0 Å². The first-order valence-corrected chi connectivity index (χ1v) is 11.5. The highest BCUT2D eigenvalue weighted by Crippen LogP contribution is 2.25. The van der Waals surface area contributed by atoms with Crippen LogP contribution in [0.3, 0.4) is 0 Å². The molecular weight excluding hydrogens is 388 g/mol. The molecule has 1 aliphatic heterocycles. The summed E-state index contributed by atoms with van der Waals surface area (Å²) in [6, 6.07) is 15.7. The lowest BCUT2D eigenvalue weighted by atomic mass is 10.1. The molecule has 2 atom stereocenters. The van der Waals surface area contributed by atoms with E-state index in [9.17, 15) is 13.2 Å². The van der Waals surface area contributed by atoms with Crippen LogP contribution >= 0.6 is 0 Å². The van der Waals surface area contributed by atoms with E-state index in [4.69, 9.17) is 0 Å². The van der Waals surface area contributed by atoms with Crippen LogP contribution < -0.4 is 5.32 Å². The molecule has 0 radical (unpaired) electrons. The maximum atomic E-state index is 12.9. The number of fused-ring (bicyclic) bond motifs is 1. The van der Waals surface area contributed by atoms with Gasteiger partial charge in [-0.15, -0.1) is 0 Å². The number of carbonyl (C=O) groups is 1. The topological polar surface area (TPSA) is 83.8 Å². The highest BCUT2D eigenvalue weighted by Gasteiger charge is 2.30. The van der Waals surface area contributed by atoms with Crippen LogP contribution in [0.25, 0.3) is 5.52 Å². The quantitative estimate of drug-likeness (QED) is 0.695. The average molecular weight is 413 g/mol. The smallest absolute Gasteiger partial charge is 0.272 e. The van der Waals surface area contributed by atoms with Gasteiger partial charge in [-0.2, -0.15) is 0 Å². The molecule has 3 aromatic rings. The lowest BCUT2D eigenvalue weighted by Crippen LogP contribution is -2.37. The van der Waals surface area contributed by atoms with E-state index in [0.29, 0.717) is 5.52 Å². The van der Waals surface area contributed by atoms with Crippen molar-refractivity contribution in [1.29, 1.82) is 0 Å². The summed E-state index contributed by atoms with van der Waals surface area (Å²) in [5.41, 5.74) is 1.87. The van der Waals surface area contributed by atoms with Crippen LogP contribution in [0.15, 0.2) is 59.9 Å². The van der Waals surface area contributed by atoms with Crippen LogP contribution in [0, 0.1) is 0 Å². The van der Waals surface area contributed by atoms with Crippen molar-refractivity contribution < 1.29 is 13.2 Å². The Morgan fingerprint density at radius 3 is 2.62 bits per heavy atom. The lowest BCUT2D eigenvalue weighted by Gasteiger charge is -2.24. The molecule has 2 aromatic heterocycles. The summed E-state index contributed by atoms with van der Waals surface area (Å²) in [5, 5.41) is 2.92. The van der Waals surface area contributed by atoms with Gasteiger partial charge in [-0.1, -0.05) is 36.4 Å². The summed E-state index contributed by atoms with van der Waals surface area (Å²) >= 11 is 0. The van der Waals surface area contributed by atoms with Crippen molar-refractivity contribution >= 4 is 21.3 Å². The highest BCUT2D eigenvalue weighted by molar-refractivity contribution is 7.90. The van der Waals surface area contributed by atoms with E-state index < -0.39 is 9.84 Å². The van der Waals surface area contributed by atoms with Gasteiger partial charge < -0.3 is 5.32 Å². The Kier molecular flexibility index (Phi) is 5.14. The van der Waals surface area contributed by atoms with Crippen LogP contribution in [-0.2, 0) is 9.84 Å². The second-order valence-electron chi connectivity index (χ2n) is 7.51. The van der Waals surface area contributed by atoms with Gasteiger partial charge in [0.15, 0.2) is 5.69 Å². The first-order chi connectivity index (χ1) is 13.8. The number of nitrogens with zero attached hydrogens (tertiary/aromatic N) is 3. The third kappa shape index (κ3) is 3.90. The van der Waals surface area contributed by atoms with Gasteiger partial charge in [-0.25, -0.2) is 13.4 Å². The van der Waals surface area contributed by atoms with E-state index in [2.05, 4.69) is 34.3 Å². The van der Waals surface area contributed by atoms with Gasteiger partial charge in [0.1, 0.15) is 0 Å². The number of hydrogen-bond acceptors (Lipinski definition) is 5. The summed E-state index contributed by atoms with van der Waals surface area (Å²) in [6.07, 6.45) is 3.54. The lowest BCUT2D eigenvalue weighted by molar-refractivity contribution is 0.0933. The number of pyridine rings is 1. The zero-order valence-corrected chi connectivity index (χ0v) is 17.3. The van der Waals surface area contributed by atoms with Crippen LogP contribution in [0.4, 0.5) is 0 Å². The Labute approximate surface area is 170 Å². The predicted octanol–water partition coefficient (Wildman–Crippen LogP) is 2.30. The molecule has 1 aliphatic rings. The minimum Gasteiger partial charge on any atom is -0.347 e. The van der Waals surface area contributed by atoms with Gasteiger partial charge in [0, 0.05) is 37.6 Å². The Morgan fingerprint density at radius 2 is 1.90 bits per heavy atom. The third-order valence-electron chi connectivity index (χ3n) is 5.45. The first-order valence-electron chi connectivity index (χ1n) is 9.61. The van der Waals surface area contributed by atoms with E-state index in [1.54, 1.807) is 24.4 Å². The number of sulfone groups is 1. The number of imidazole rings is 1. The van der Waals surface area contributed by atoms with Crippen molar-refractivity contribution in [2.24, 2.45) is 0 Å². The molecule has 1 fully saturated rings. The third-order valence-corrected chi connectivity index (χ3v) is 6.40. The van der Waals surface area contributed by atoms with Crippen molar-refractivity contribution in [3.8, 4) is 0 Å². The predicted molar refractivity (Wildman–Crippen MR) is 111 cm³/mol. The Balaban J connectivity index is 1.51. The van der Waals surface area contributed by atoms with Crippen molar-refractivity contribution in [3.63, 3.8) is 0 Å². The molecule has 1 aromatic carbocycles. The monoisotopic (exact) mass is 412 g/mol. The minimum atomic E-state index is -3.56. The maximum absolute atomic E-state index is 12.9. The van der Waals surface area contributed by atoms with E-state index in [1.165, 1.54) is 9.96 Å². The molecular formula is C21H24N4O3S. The maximum Gasteiger partial charge on any atom is 0.272 e. The number of carbonyl (C=O) groups excluding carboxylic acids is 1. The normalized spacial score (nSPS) is 18.8. The van der Waals surface area contributed by atoms with Gasteiger partial charge in [0.05, 0.1) is 5.52 Å². The van der Waals surface area contributed by atoms with E-state index in [1.807, 2.05) is 18.2 Å². The van der Waals surface area contributed by atoms with E-state index in [-0.39, 0.29) is 28.8 Å². The van der Waals surface area contributed by atoms with E-state index >= 15 is 0 Å². The molecule has 3 heterocycles. The number of hydrogen-bond donors (Lipinski definition) is 1. The number of amides is 1. The van der Waals surface area contributed by atoms with Gasteiger partial charge >= 0.3 is 0 Å². The van der Waals surface area contributed by atoms with Crippen LogP contribution in [-0.4, -0.2) is 54.0 Å². The zero-order chi connectivity index (χ0) is 20.6. The van der Waals surface area contributed by atoms with Crippen LogP contribution in [0.5, 0.6) is 0 Å². The number of rotatable bonds is 5.